The molecule has 0 fully saturated rings. The molecule has 94 valence electrons. The van der Waals surface area contributed by atoms with Gasteiger partial charge in [-0.3, -0.25) is 0 Å². The van der Waals surface area contributed by atoms with E-state index in [1.807, 2.05) is 0 Å². The van der Waals surface area contributed by atoms with Gasteiger partial charge in [0.1, 0.15) is 0 Å². The van der Waals surface area contributed by atoms with Crippen LogP contribution >= 0.6 is 15.9 Å². The molecule has 1 unspecified atom stereocenters. The first-order valence-electron chi connectivity index (χ1n) is 6.13. The molecular formula is C16H18BrN. The number of aryl methyl sites for hydroxylation is 2. The highest BCUT2D eigenvalue weighted by Crippen LogP contribution is 2.23. The Morgan fingerprint density at radius 3 is 2.50 bits per heavy atom. The van der Waals surface area contributed by atoms with Crippen LogP contribution in [0.4, 0.5) is 0 Å². The van der Waals surface area contributed by atoms with Crippen molar-refractivity contribution >= 4 is 15.9 Å². The zero-order chi connectivity index (χ0) is 13.1. The number of hydrogen-bond donors (Lipinski definition) is 1. The Kier molecular flexibility index (Phi) is 4.20. The zero-order valence-electron chi connectivity index (χ0n) is 10.8. The highest BCUT2D eigenvalue weighted by atomic mass is 79.9. The first-order valence-corrected chi connectivity index (χ1v) is 6.93. The number of hydrogen-bond acceptors (Lipinski definition) is 1. The zero-order valence-corrected chi connectivity index (χ0v) is 12.4. The fourth-order valence-electron chi connectivity index (χ4n) is 2.17. The van der Waals surface area contributed by atoms with E-state index in [0.29, 0.717) is 0 Å². The molecule has 0 saturated carbocycles. The molecule has 0 aliphatic carbocycles. The fraction of sp³-hybridized carbons (Fsp3) is 0.250. The second kappa shape index (κ2) is 5.68. The van der Waals surface area contributed by atoms with Gasteiger partial charge >= 0.3 is 0 Å². The third kappa shape index (κ3) is 3.21. The maximum absolute atomic E-state index is 6.31. The minimum absolute atomic E-state index is 0.0438. The van der Waals surface area contributed by atoms with Crippen LogP contribution in [0.5, 0.6) is 0 Å². The molecule has 2 heteroatoms. The van der Waals surface area contributed by atoms with E-state index in [-0.39, 0.29) is 6.04 Å². The number of benzene rings is 2. The minimum Gasteiger partial charge on any atom is -0.324 e. The number of nitrogens with two attached hydrogens (primary N) is 1. The summed E-state index contributed by atoms with van der Waals surface area (Å²) in [5.41, 5.74) is 11.4. The lowest BCUT2D eigenvalue weighted by atomic mass is 9.96. The molecule has 1 nitrogen and oxygen atoms in total. The Balaban J connectivity index is 2.22. The maximum Gasteiger partial charge on any atom is 0.0336 e. The van der Waals surface area contributed by atoms with Crippen LogP contribution in [0.1, 0.15) is 28.3 Å². The van der Waals surface area contributed by atoms with Crippen molar-refractivity contribution in [2.45, 2.75) is 26.3 Å². The third-order valence-corrected chi connectivity index (χ3v) is 3.65. The largest absolute Gasteiger partial charge is 0.324 e. The summed E-state index contributed by atoms with van der Waals surface area (Å²) >= 11 is 3.53. The molecule has 0 saturated heterocycles. The first-order chi connectivity index (χ1) is 8.56. The molecule has 0 amide bonds. The van der Waals surface area contributed by atoms with Gasteiger partial charge in [-0.1, -0.05) is 46.3 Å². The van der Waals surface area contributed by atoms with Crippen LogP contribution in [-0.2, 0) is 6.42 Å². The topological polar surface area (TPSA) is 26.0 Å². The molecule has 0 aliphatic heterocycles. The fourth-order valence-corrected chi connectivity index (χ4v) is 2.80. The monoisotopic (exact) mass is 303 g/mol. The molecule has 0 heterocycles. The molecule has 2 rings (SSSR count). The van der Waals surface area contributed by atoms with E-state index in [2.05, 4.69) is 72.2 Å². The molecule has 1 atom stereocenters. The highest BCUT2D eigenvalue weighted by molar-refractivity contribution is 9.10. The summed E-state index contributed by atoms with van der Waals surface area (Å²) in [4.78, 5) is 0. The van der Waals surface area contributed by atoms with Gasteiger partial charge in [-0.25, -0.2) is 0 Å². The van der Waals surface area contributed by atoms with Gasteiger partial charge in [-0.05, 0) is 54.7 Å². The van der Waals surface area contributed by atoms with Crippen LogP contribution < -0.4 is 5.73 Å². The molecule has 2 aromatic carbocycles. The quantitative estimate of drug-likeness (QED) is 0.898. The third-order valence-electron chi connectivity index (χ3n) is 3.19. The molecule has 18 heavy (non-hydrogen) atoms. The van der Waals surface area contributed by atoms with Crippen LogP contribution in [-0.4, -0.2) is 0 Å². The lowest BCUT2D eigenvalue weighted by molar-refractivity contribution is 0.717. The normalized spacial score (nSPS) is 12.4. The standard InChI is InChI=1S/C16H18BrN/c1-11-7-14(9-15(17)8-11)16(18)10-13-6-4-3-5-12(13)2/h3-9,16H,10,18H2,1-2H3. The van der Waals surface area contributed by atoms with Gasteiger partial charge in [0.15, 0.2) is 0 Å². The molecule has 0 radical (unpaired) electrons. The molecular weight excluding hydrogens is 286 g/mol. The van der Waals surface area contributed by atoms with Crippen molar-refractivity contribution in [3.05, 3.63) is 69.2 Å². The van der Waals surface area contributed by atoms with Crippen molar-refractivity contribution in [2.75, 3.05) is 0 Å². The summed E-state index contributed by atoms with van der Waals surface area (Å²) in [7, 11) is 0. The lowest BCUT2D eigenvalue weighted by Gasteiger charge is -2.15. The smallest absolute Gasteiger partial charge is 0.0336 e. The van der Waals surface area contributed by atoms with Crippen LogP contribution in [0.15, 0.2) is 46.9 Å². The van der Waals surface area contributed by atoms with Crippen molar-refractivity contribution in [1.82, 2.24) is 0 Å². The van der Waals surface area contributed by atoms with Crippen molar-refractivity contribution in [1.29, 1.82) is 0 Å². The number of halogens is 1. The molecule has 0 aliphatic rings. The first kappa shape index (κ1) is 13.3. The second-order valence-electron chi connectivity index (χ2n) is 4.80. The Morgan fingerprint density at radius 1 is 1.11 bits per heavy atom. The number of rotatable bonds is 3. The van der Waals surface area contributed by atoms with Crippen molar-refractivity contribution in [3.63, 3.8) is 0 Å². The summed E-state index contributed by atoms with van der Waals surface area (Å²) in [6, 6.07) is 14.8. The van der Waals surface area contributed by atoms with E-state index in [0.717, 1.165) is 10.9 Å². The molecule has 0 bridgehead atoms. The van der Waals surface area contributed by atoms with Crippen LogP contribution in [0.3, 0.4) is 0 Å². The van der Waals surface area contributed by atoms with Crippen LogP contribution in [0.25, 0.3) is 0 Å². The molecule has 2 aromatic rings. The predicted octanol–water partition coefficient (Wildman–Crippen LogP) is 4.31. The summed E-state index contributed by atoms with van der Waals surface area (Å²) in [5, 5.41) is 0. The average Bonchev–Trinajstić information content (AvgIpc) is 2.31. The SMILES string of the molecule is Cc1cc(Br)cc(C(N)Cc2ccccc2C)c1. The van der Waals surface area contributed by atoms with E-state index < -0.39 is 0 Å². The van der Waals surface area contributed by atoms with Crippen LogP contribution in [0.2, 0.25) is 0 Å². The Bertz CT molecular complexity index is 528. The Labute approximate surface area is 117 Å². The van der Waals surface area contributed by atoms with Gasteiger partial charge in [-0.2, -0.15) is 0 Å². The summed E-state index contributed by atoms with van der Waals surface area (Å²) in [6.45, 7) is 4.23. The van der Waals surface area contributed by atoms with Crippen molar-refractivity contribution in [3.8, 4) is 0 Å². The Hall–Kier alpha value is -1.12. The summed E-state index contributed by atoms with van der Waals surface area (Å²) < 4.78 is 1.10. The second-order valence-corrected chi connectivity index (χ2v) is 5.71. The van der Waals surface area contributed by atoms with E-state index in [9.17, 15) is 0 Å². The Morgan fingerprint density at radius 2 is 1.83 bits per heavy atom. The highest BCUT2D eigenvalue weighted by Gasteiger charge is 2.09. The van der Waals surface area contributed by atoms with Crippen molar-refractivity contribution in [2.24, 2.45) is 5.73 Å². The van der Waals surface area contributed by atoms with Gasteiger partial charge in [0.2, 0.25) is 0 Å². The lowest BCUT2D eigenvalue weighted by Crippen LogP contribution is -2.14. The van der Waals surface area contributed by atoms with E-state index >= 15 is 0 Å². The van der Waals surface area contributed by atoms with Gasteiger partial charge in [-0.15, -0.1) is 0 Å². The van der Waals surface area contributed by atoms with Gasteiger partial charge in [0.25, 0.3) is 0 Å². The molecule has 2 N–H and O–H groups in total. The summed E-state index contributed by atoms with van der Waals surface area (Å²) in [6.07, 6.45) is 0.878. The van der Waals surface area contributed by atoms with Gasteiger partial charge in [0, 0.05) is 10.5 Å². The van der Waals surface area contributed by atoms with E-state index in [4.69, 9.17) is 5.73 Å². The predicted molar refractivity (Wildman–Crippen MR) is 80.7 cm³/mol. The molecule has 0 spiro atoms. The minimum atomic E-state index is 0.0438. The van der Waals surface area contributed by atoms with E-state index in [1.165, 1.54) is 22.3 Å². The van der Waals surface area contributed by atoms with E-state index in [1.54, 1.807) is 0 Å². The summed E-state index contributed by atoms with van der Waals surface area (Å²) in [5.74, 6) is 0. The van der Waals surface area contributed by atoms with Crippen molar-refractivity contribution < 1.29 is 0 Å². The average molecular weight is 304 g/mol. The van der Waals surface area contributed by atoms with Crippen LogP contribution in [0, 0.1) is 13.8 Å². The van der Waals surface area contributed by atoms with Gasteiger partial charge in [0.05, 0.1) is 0 Å². The molecule has 0 aromatic heterocycles. The maximum atomic E-state index is 6.31. The van der Waals surface area contributed by atoms with Gasteiger partial charge < -0.3 is 5.73 Å².